The van der Waals surface area contributed by atoms with Crippen LogP contribution in [-0.2, 0) is 11.2 Å². The summed E-state index contributed by atoms with van der Waals surface area (Å²) in [4.78, 5) is 10.4. The summed E-state index contributed by atoms with van der Waals surface area (Å²) in [7, 11) is 0. The highest BCUT2D eigenvalue weighted by Crippen LogP contribution is 2.22. The summed E-state index contributed by atoms with van der Waals surface area (Å²) in [5.41, 5.74) is 1.99. The molecule has 0 fully saturated rings. The number of phenols is 1. The Kier molecular flexibility index (Phi) is 2.92. The molecule has 0 amide bonds. The number of aliphatic carboxylic acids is 1. The molecule has 0 unspecified atom stereocenters. The number of carbonyl (C=O) groups is 1. The number of hydrogen-bond donors (Lipinski definition) is 1. The number of carboxylic acid groups (broad SMARTS) is 1. The van der Waals surface area contributed by atoms with E-state index in [1.54, 1.807) is 12.1 Å². The van der Waals surface area contributed by atoms with E-state index < -0.39 is 5.97 Å². The van der Waals surface area contributed by atoms with E-state index >= 15 is 0 Å². The van der Waals surface area contributed by atoms with E-state index in [1.807, 2.05) is 6.92 Å². The minimum Gasteiger partial charge on any atom is -0.550 e. The summed E-state index contributed by atoms with van der Waals surface area (Å²) in [6.45, 7) is 5.55. The largest absolute Gasteiger partial charge is 0.550 e. The van der Waals surface area contributed by atoms with Gasteiger partial charge >= 0.3 is 0 Å². The third-order valence-corrected chi connectivity index (χ3v) is 1.91. The number of phenolic OH excluding ortho intramolecular Hbond substituents is 1. The number of rotatable bonds is 3. The van der Waals surface area contributed by atoms with Gasteiger partial charge in [-0.2, -0.15) is 0 Å². The van der Waals surface area contributed by atoms with Crippen molar-refractivity contribution in [2.24, 2.45) is 0 Å². The molecule has 0 aliphatic heterocycles. The first kappa shape index (κ1) is 10.3. The van der Waals surface area contributed by atoms with E-state index in [9.17, 15) is 15.0 Å². The van der Waals surface area contributed by atoms with Crippen molar-refractivity contribution in [3.05, 3.63) is 35.9 Å². The van der Waals surface area contributed by atoms with Crippen LogP contribution in [-0.4, -0.2) is 11.1 Å². The lowest BCUT2D eigenvalue weighted by molar-refractivity contribution is -0.304. The number of carbonyl (C=O) groups excluding carboxylic acids is 1. The standard InChI is InChI=1S/C11H12O3/c1-7(2)8-3-4-10(12)9(5-8)6-11(13)14/h3-5,12H,1,6H2,2H3,(H,13,14)/p-1. The van der Waals surface area contributed by atoms with Crippen LogP contribution in [0.3, 0.4) is 0 Å². The Labute approximate surface area is 82.3 Å². The van der Waals surface area contributed by atoms with Crippen molar-refractivity contribution < 1.29 is 15.0 Å². The van der Waals surface area contributed by atoms with Crippen LogP contribution in [0.15, 0.2) is 24.8 Å². The summed E-state index contributed by atoms with van der Waals surface area (Å²) >= 11 is 0. The summed E-state index contributed by atoms with van der Waals surface area (Å²) in [6, 6.07) is 4.76. The van der Waals surface area contributed by atoms with Gasteiger partial charge in [0.05, 0.1) is 0 Å². The maximum absolute atomic E-state index is 10.4. The highest BCUT2D eigenvalue weighted by atomic mass is 16.4. The minimum atomic E-state index is -1.21. The van der Waals surface area contributed by atoms with Gasteiger partial charge in [-0.15, -0.1) is 0 Å². The molecular weight excluding hydrogens is 180 g/mol. The van der Waals surface area contributed by atoms with E-state index in [1.165, 1.54) is 6.07 Å². The fourth-order valence-electron chi connectivity index (χ4n) is 1.15. The van der Waals surface area contributed by atoms with Gasteiger partial charge < -0.3 is 15.0 Å². The highest BCUT2D eigenvalue weighted by Gasteiger charge is 2.03. The van der Waals surface area contributed by atoms with E-state index in [-0.39, 0.29) is 12.2 Å². The molecule has 0 radical (unpaired) electrons. The van der Waals surface area contributed by atoms with Crippen LogP contribution in [0.2, 0.25) is 0 Å². The van der Waals surface area contributed by atoms with Gasteiger partial charge in [-0.25, -0.2) is 0 Å². The maximum Gasteiger partial charge on any atom is 0.119 e. The van der Waals surface area contributed by atoms with Gasteiger partial charge in [0.1, 0.15) is 5.75 Å². The Hall–Kier alpha value is -1.77. The Balaban J connectivity index is 3.08. The minimum absolute atomic E-state index is 0.0285. The first-order valence-corrected chi connectivity index (χ1v) is 4.18. The molecule has 1 aromatic rings. The van der Waals surface area contributed by atoms with Crippen molar-refractivity contribution in [2.45, 2.75) is 13.3 Å². The Morgan fingerprint density at radius 2 is 2.21 bits per heavy atom. The second-order valence-electron chi connectivity index (χ2n) is 3.17. The van der Waals surface area contributed by atoms with Crippen molar-refractivity contribution in [1.82, 2.24) is 0 Å². The van der Waals surface area contributed by atoms with Crippen LogP contribution in [0.5, 0.6) is 5.75 Å². The number of carboxylic acids is 1. The highest BCUT2D eigenvalue weighted by molar-refractivity contribution is 5.71. The molecule has 0 saturated heterocycles. The molecule has 0 aliphatic rings. The molecule has 1 N–H and O–H groups in total. The normalized spacial score (nSPS) is 9.79. The van der Waals surface area contributed by atoms with Gasteiger partial charge in [-0.1, -0.05) is 18.2 Å². The summed E-state index contributed by atoms with van der Waals surface area (Å²) < 4.78 is 0. The lowest BCUT2D eigenvalue weighted by Crippen LogP contribution is -2.24. The topological polar surface area (TPSA) is 60.4 Å². The first-order valence-electron chi connectivity index (χ1n) is 4.18. The smallest absolute Gasteiger partial charge is 0.119 e. The zero-order valence-electron chi connectivity index (χ0n) is 7.91. The number of aromatic hydroxyl groups is 1. The molecule has 0 spiro atoms. The van der Waals surface area contributed by atoms with Gasteiger partial charge in [0.15, 0.2) is 0 Å². The van der Waals surface area contributed by atoms with Gasteiger partial charge in [-0.05, 0) is 24.6 Å². The van der Waals surface area contributed by atoms with Gasteiger partial charge in [-0.3, -0.25) is 0 Å². The molecule has 0 heterocycles. The van der Waals surface area contributed by atoms with E-state index in [0.717, 1.165) is 11.1 Å². The molecule has 74 valence electrons. The van der Waals surface area contributed by atoms with E-state index in [2.05, 4.69) is 6.58 Å². The lowest BCUT2D eigenvalue weighted by Gasteiger charge is -2.08. The van der Waals surface area contributed by atoms with Crippen LogP contribution in [0.1, 0.15) is 18.1 Å². The quantitative estimate of drug-likeness (QED) is 0.765. The zero-order chi connectivity index (χ0) is 10.7. The van der Waals surface area contributed by atoms with Crippen molar-refractivity contribution >= 4 is 11.5 Å². The molecule has 3 nitrogen and oxygen atoms in total. The fourth-order valence-corrected chi connectivity index (χ4v) is 1.15. The molecule has 0 saturated carbocycles. The molecule has 0 atom stereocenters. The number of allylic oxidation sites excluding steroid dienone is 1. The third kappa shape index (κ3) is 2.36. The molecular formula is C11H11O3-. The monoisotopic (exact) mass is 191 g/mol. The number of hydrogen-bond acceptors (Lipinski definition) is 3. The van der Waals surface area contributed by atoms with Crippen LogP contribution in [0.25, 0.3) is 5.57 Å². The second kappa shape index (κ2) is 3.96. The Morgan fingerprint density at radius 3 is 2.71 bits per heavy atom. The van der Waals surface area contributed by atoms with Crippen molar-refractivity contribution in [3.63, 3.8) is 0 Å². The Bertz CT molecular complexity index is 380. The van der Waals surface area contributed by atoms with Crippen molar-refractivity contribution in [1.29, 1.82) is 0 Å². The van der Waals surface area contributed by atoms with Crippen LogP contribution >= 0.6 is 0 Å². The summed E-state index contributed by atoms with van der Waals surface area (Å²) in [6.07, 6.45) is -0.285. The predicted octanol–water partition coefficient (Wildman–Crippen LogP) is 0.718. The summed E-state index contributed by atoms with van der Waals surface area (Å²) in [5, 5.41) is 19.7. The maximum atomic E-state index is 10.4. The SMILES string of the molecule is C=C(C)c1ccc(O)c(CC(=O)[O-])c1. The zero-order valence-corrected chi connectivity index (χ0v) is 7.91. The number of benzene rings is 1. The van der Waals surface area contributed by atoms with Gasteiger partial charge in [0.2, 0.25) is 0 Å². The van der Waals surface area contributed by atoms with Gasteiger partial charge in [0.25, 0.3) is 0 Å². The predicted molar refractivity (Wildman–Crippen MR) is 51.5 cm³/mol. The van der Waals surface area contributed by atoms with Crippen LogP contribution in [0.4, 0.5) is 0 Å². The van der Waals surface area contributed by atoms with Crippen LogP contribution in [0, 0.1) is 0 Å². The molecule has 14 heavy (non-hydrogen) atoms. The lowest BCUT2D eigenvalue weighted by atomic mass is 10.0. The molecule has 0 aliphatic carbocycles. The van der Waals surface area contributed by atoms with E-state index in [0.29, 0.717) is 5.56 Å². The van der Waals surface area contributed by atoms with Crippen molar-refractivity contribution in [3.8, 4) is 5.75 Å². The molecule has 0 bridgehead atoms. The average molecular weight is 191 g/mol. The van der Waals surface area contributed by atoms with Gasteiger partial charge in [0, 0.05) is 18.0 Å². The summed E-state index contributed by atoms with van der Waals surface area (Å²) in [5.74, 6) is -1.24. The average Bonchev–Trinajstić information content (AvgIpc) is 2.07. The third-order valence-electron chi connectivity index (χ3n) is 1.91. The molecule has 3 heteroatoms. The van der Waals surface area contributed by atoms with E-state index in [4.69, 9.17) is 0 Å². The second-order valence-corrected chi connectivity index (χ2v) is 3.17. The van der Waals surface area contributed by atoms with Crippen LogP contribution < -0.4 is 5.11 Å². The first-order chi connectivity index (χ1) is 6.50. The molecule has 0 aromatic heterocycles. The molecule has 1 aromatic carbocycles. The molecule has 1 rings (SSSR count). The van der Waals surface area contributed by atoms with Crippen molar-refractivity contribution in [2.75, 3.05) is 0 Å². The fraction of sp³-hybridized carbons (Fsp3) is 0.182. The Morgan fingerprint density at radius 1 is 1.57 bits per heavy atom.